The molecule has 1 aliphatic carbocycles. The molecule has 0 unspecified atom stereocenters. The number of fused-ring (bicyclic) bond motifs is 3. The number of para-hydroxylation sites is 1. The maximum atomic E-state index is 12.9. The van der Waals surface area contributed by atoms with Crippen molar-refractivity contribution in [3.63, 3.8) is 0 Å². The second-order valence-corrected chi connectivity index (χ2v) is 7.92. The monoisotopic (exact) mass is 410 g/mol. The van der Waals surface area contributed by atoms with E-state index in [1.54, 1.807) is 11.3 Å². The lowest BCUT2D eigenvalue weighted by molar-refractivity contribution is -0.121. The maximum absolute atomic E-state index is 12.9. The normalized spacial score (nSPS) is 13.6. The maximum Gasteiger partial charge on any atom is 0.262 e. The lowest BCUT2D eigenvalue weighted by Gasteiger charge is -2.10. The Hall–Kier alpha value is -3.00. The van der Waals surface area contributed by atoms with Gasteiger partial charge in [0.1, 0.15) is 17.1 Å². The fourth-order valence-corrected chi connectivity index (χ4v) is 4.75. The number of hydrazone groups is 1. The minimum absolute atomic E-state index is 0.128. The second kappa shape index (κ2) is 8.57. The third-order valence-corrected chi connectivity index (χ3v) is 6.07. The van der Waals surface area contributed by atoms with Gasteiger partial charge in [0.05, 0.1) is 24.5 Å². The van der Waals surface area contributed by atoms with Crippen molar-refractivity contribution in [2.24, 2.45) is 5.10 Å². The van der Waals surface area contributed by atoms with E-state index in [2.05, 4.69) is 15.5 Å². The van der Waals surface area contributed by atoms with Gasteiger partial charge in [-0.1, -0.05) is 12.1 Å². The number of amides is 1. The number of benzene rings is 1. The van der Waals surface area contributed by atoms with Crippen LogP contribution in [0.4, 0.5) is 0 Å². The number of carbonyl (C=O) groups excluding carboxylic acids is 1. The van der Waals surface area contributed by atoms with Gasteiger partial charge in [-0.15, -0.1) is 11.3 Å². The Balaban J connectivity index is 1.48. The summed E-state index contributed by atoms with van der Waals surface area (Å²) in [5, 5.41) is 4.67. The molecule has 0 saturated heterocycles. The van der Waals surface area contributed by atoms with Crippen LogP contribution in [0.3, 0.4) is 0 Å². The first kappa shape index (κ1) is 19.3. The molecule has 0 spiro atoms. The van der Waals surface area contributed by atoms with Crippen LogP contribution in [0.15, 0.2) is 40.5 Å². The summed E-state index contributed by atoms with van der Waals surface area (Å²) in [5.41, 5.74) is 4.20. The molecule has 1 N–H and O–H groups in total. The van der Waals surface area contributed by atoms with E-state index in [1.165, 1.54) is 22.0 Å². The third kappa shape index (κ3) is 4.07. The molecule has 8 heteroatoms. The largest absolute Gasteiger partial charge is 0.493 e. The van der Waals surface area contributed by atoms with E-state index in [4.69, 9.17) is 4.74 Å². The molecule has 0 radical (unpaired) electrons. The lowest BCUT2D eigenvalue weighted by Crippen LogP contribution is -2.30. The molecule has 0 atom stereocenters. The zero-order chi connectivity index (χ0) is 20.2. The van der Waals surface area contributed by atoms with E-state index < -0.39 is 0 Å². The van der Waals surface area contributed by atoms with Gasteiger partial charge in [-0.25, -0.2) is 10.4 Å². The Labute approximate surface area is 172 Å². The molecule has 29 heavy (non-hydrogen) atoms. The minimum Gasteiger partial charge on any atom is -0.493 e. The van der Waals surface area contributed by atoms with Crippen LogP contribution < -0.4 is 15.7 Å². The first-order valence-corrected chi connectivity index (χ1v) is 10.5. The molecule has 2 heterocycles. The van der Waals surface area contributed by atoms with Crippen LogP contribution >= 0.6 is 11.3 Å². The Bertz CT molecular complexity index is 1130. The summed E-state index contributed by atoms with van der Waals surface area (Å²) < 4.78 is 6.88. The summed E-state index contributed by atoms with van der Waals surface area (Å²) in [6, 6.07) is 7.44. The van der Waals surface area contributed by atoms with Crippen molar-refractivity contribution in [1.29, 1.82) is 0 Å². The van der Waals surface area contributed by atoms with Crippen LogP contribution in [0.1, 0.15) is 35.8 Å². The van der Waals surface area contributed by atoms with Crippen molar-refractivity contribution in [1.82, 2.24) is 15.0 Å². The van der Waals surface area contributed by atoms with E-state index >= 15 is 0 Å². The summed E-state index contributed by atoms with van der Waals surface area (Å²) in [6.07, 6.45) is 7.13. The van der Waals surface area contributed by atoms with Crippen LogP contribution in [0.2, 0.25) is 0 Å². The number of hydrogen-bond acceptors (Lipinski definition) is 6. The Kier molecular flexibility index (Phi) is 5.71. The summed E-state index contributed by atoms with van der Waals surface area (Å²) in [6.45, 7) is 2.32. The summed E-state index contributed by atoms with van der Waals surface area (Å²) >= 11 is 1.60. The summed E-state index contributed by atoms with van der Waals surface area (Å²) in [4.78, 5) is 31.6. The highest BCUT2D eigenvalue weighted by Crippen LogP contribution is 2.33. The zero-order valence-electron chi connectivity index (χ0n) is 16.2. The molecule has 150 valence electrons. The molecule has 4 rings (SSSR count). The van der Waals surface area contributed by atoms with Crippen LogP contribution in [0, 0.1) is 0 Å². The molecule has 3 aromatic rings. The standard InChI is InChI=1S/C21H22N4O3S/c1-2-28-16-9-5-3-7-14(16)11-23-24-18(26)12-25-13-22-20-19(21(25)27)15-8-4-6-10-17(15)29-20/h3,5,7,9,11,13H,2,4,6,8,10,12H2,1H3,(H,24,26)/b23-11-. The molecule has 0 saturated carbocycles. The van der Waals surface area contributed by atoms with Crippen molar-refractivity contribution in [2.45, 2.75) is 39.2 Å². The predicted molar refractivity (Wildman–Crippen MR) is 114 cm³/mol. The summed E-state index contributed by atoms with van der Waals surface area (Å²) in [7, 11) is 0. The molecule has 0 bridgehead atoms. The Morgan fingerprint density at radius 1 is 1.34 bits per heavy atom. The van der Waals surface area contributed by atoms with E-state index in [9.17, 15) is 9.59 Å². The Morgan fingerprint density at radius 2 is 2.17 bits per heavy atom. The smallest absolute Gasteiger partial charge is 0.262 e. The van der Waals surface area contributed by atoms with Crippen molar-refractivity contribution in [3.8, 4) is 5.75 Å². The number of nitrogens with zero attached hydrogens (tertiary/aromatic N) is 3. The average molecular weight is 410 g/mol. The van der Waals surface area contributed by atoms with Gasteiger partial charge in [0.15, 0.2) is 0 Å². The van der Waals surface area contributed by atoms with Crippen molar-refractivity contribution < 1.29 is 9.53 Å². The number of aryl methyl sites for hydroxylation is 2. The van der Waals surface area contributed by atoms with Gasteiger partial charge in [0.2, 0.25) is 0 Å². The molecule has 0 aliphatic heterocycles. The van der Waals surface area contributed by atoms with Gasteiger partial charge in [0, 0.05) is 10.4 Å². The van der Waals surface area contributed by atoms with Gasteiger partial charge < -0.3 is 4.74 Å². The van der Waals surface area contributed by atoms with Gasteiger partial charge in [0.25, 0.3) is 11.5 Å². The van der Waals surface area contributed by atoms with E-state index in [-0.39, 0.29) is 18.0 Å². The highest BCUT2D eigenvalue weighted by atomic mass is 32.1. The second-order valence-electron chi connectivity index (χ2n) is 6.83. The quantitative estimate of drug-likeness (QED) is 0.500. The van der Waals surface area contributed by atoms with Gasteiger partial charge in [-0.3, -0.25) is 14.2 Å². The van der Waals surface area contributed by atoms with Gasteiger partial charge in [-0.2, -0.15) is 5.10 Å². The summed E-state index contributed by atoms with van der Waals surface area (Å²) in [5.74, 6) is 0.309. The predicted octanol–water partition coefficient (Wildman–Crippen LogP) is 2.89. The molecular formula is C21H22N4O3S. The number of carbonyl (C=O) groups is 1. The third-order valence-electron chi connectivity index (χ3n) is 4.87. The molecule has 0 fully saturated rings. The van der Waals surface area contributed by atoms with Crippen LogP contribution in [-0.2, 0) is 24.2 Å². The van der Waals surface area contributed by atoms with Gasteiger partial charge in [-0.05, 0) is 50.3 Å². The van der Waals surface area contributed by atoms with Crippen LogP contribution in [-0.4, -0.2) is 28.3 Å². The molecule has 1 amide bonds. The number of nitrogens with one attached hydrogen (secondary N) is 1. The van der Waals surface area contributed by atoms with E-state index in [1.807, 2.05) is 31.2 Å². The number of aromatic nitrogens is 2. The van der Waals surface area contributed by atoms with E-state index in [0.717, 1.165) is 41.6 Å². The molecule has 7 nitrogen and oxygen atoms in total. The van der Waals surface area contributed by atoms with Crippen LogP contribution in [0.5, 0.6) is 5.75 Å². The number of rotatable bonds is 6. The van der Waals surface area contributed by atoms with Crippen molar-refractivity contribution in [3.05, 3.63) is 57.0 Å². The molecule has 1 aromatic carbocycles. The minimum atomic E-state index is -0.387. The SMILES string of the molecule is CCOc1ccccc1/C=N\NC(=O)Cn1cnc2sc3c(c2c1=O)CCCC3. The fraction of sp³-hybridized carbons (Fsp3) is 0.333. The highest BCUT2D eigenvalue weighted by molar-refractivity contribution is 7.18. The first-order valence-electron chi connectivity index (χ1n) is 9.70. The number of hydrogen-bond donors (Lipinski definition) is 1. The molecule has 2 aromatic heterocycles. The first-order chi connectivity index (χ1) is 14.2. The van der Waals surface area contributed by atoms with Crippen LogP contribution in [0.25, 0.3) is 10.2 Å². The van der Waals surface area contributed by atoms with Gasteiger partial charge >= 0.3 is 0 Å². The topological polar surface area (TPSA) is 85.6 Å². The average Bonchev–Trinajstić information content (AvgIpc) is 3.11. The lowest BCUT2D eigenvalue weighted by atomic mass is 9.97. The van der Waals surface area contributed by atoms with Crippen molar-refractivity contribution >= 4 is 33.7 Å². The zero-order valence-corrected chi connectivity index (χ0v) is 17.0. The molecule has 1 aliphatic rings. The molecular weight excluding hydrogens is 388 g/mol. The van der Waals surface area contributed by atoms with E-state index in [0.29, 0.717) is 17.7 Å². The van der Waals surface area contributed by atoms with Crippen molar-refractivity contribution in [2.75, 3.05) is 6.61 Å². The highest BCUT2D eigenvalue weighted by Gasteiger charge is 2.20. The fourth-order valence-electron chi connectivity index (χ4n) is 3.53. The number of ether oxygens (including phenoxy) is 1. The Morgan fingerprint density at radius 3 is 3.03 bits per heavy atom. The number of thiophene rings is 1.